The fraction of sp³-hybridized carbons (Fsp3) is 0.161. The highest BCUT2D eigenvalue weighted by molar-refractivity contribution is 6.37. The van der Waals surface area contributed by atoms with Crippen LogP contribution >= 0.6 is 0 Å². The maximum atomic E-state index is 14.2. The molecule has 0 aromatic heterocycles. The number of hydrogen-bond donors (Lipinski definition) is 0. The Morgan fingerprint density at radius 3 is 2.11 bits per heavy atom. The molecule has 3 aliphatic rings. The van der Waals surface area contributed by atoms with Crippen molar-refractivity contribution in [3.8, 4) is 0 Å². The molecule has 1 aliphatic carbocycles. The van der Waals surface area contributed by atoms with Crippen molar-refractivity contribution in [2.75, 3.05) is 4.90 Å². The minimum Gasteiger partial charge on any atom is -0.349 e. The molecule has 7 rings (SSSR count). The number of hydrogen-bond acceptors (Lipinski definition) is 5. The van der Waals surface area contributed by atoms with Gasteiger partial charge in [0, 0.05) is 16.5 Å². The van der Waals surface area contributed by atoms with Crippen molar-refractivity contribution in [2.24, 2.45) is 11.8 Å². The summed E-state index contributed by atoms with van der Waals surface area (Å²) in [6.07, 6.45) is -0.927. The molecule has 2 aliphatic heterocycles. The highest BCUT2D eigenvalue weighted by Gasteiger charge is 2.74. The van der Waals surface area contributed by atoms with Crippen LogP contribution in [0.25, 0.3) is 10.8 Å². The van der Waals surface area contributed by atoms with Crippen molar-refractivity contribution in [2.45, 2.75) is 18.6 Å². The van der Waals surface area contributed by atoms with Gasteiger partial charge in [-0.15, -0.1) is 0 Å². The van der Waals surface area contributed by atoms with Gasteiger partial charge in [0.05, 0.1) is 23.6 Å². The zero-order valence-electron chi connectivity index (χ0n) is 19.9. The summed E-state index contributed by atoms with van der Waals surface area (Å²) in [6, 6.07) is 26.9. The smallest absolute Gasteiger partial charge is 0.241 e. The van der Waals surface area contributed by atoms with Crippen molar-refractivity contribution in [3.05, 3.63) is 113 Å². The molecule has 0 saturated carbocycles. The summed E-state index contributed by atoms with van der Waals surface area (Å²) < 4.78 is 6.37. The van der Waals surface area contributed by atoms with Crippen LogP contribution < -0.4 is 4.90 Å². The van der Waals surface area contributed by atoms with Crippen LogP contribution in [0.2, 0.25) is 0 Å². The van der Waals surface area contributed by atoms with E-state index in [1.54, 1.807) is 36.4 Å². The number of rotatable bonds is 2. The SMILES string of the molecule is Cc1cccc([C@@H]2OC3(C(=O)c4ccccc4C3=O)[C@@H]3C(=O)N(c4cccc5ccccc45)C(=O)[C@@H]32)c1. The molecule has 3 atom stereocenters. The molecule has 4 aromatic carbocycles. The summed E-state index contributed by atoms with van der Waals surface area (Å²) in [6.45, 7) is 1.91. The topological polar surface area (TPSA) is 80.8 Å². The lowest BCUT2D eigenvalue weighted by molar-refractivity contribution is -0.127. The summed E-state index contributed by atoms with van der Waals surface area (Å²) in [5, 5.41) is 1.61. The summed E-state index contributed by atoms with van der Waals surface area (Å²) in [5.74, 6) is -4.45. The fourth-order valence-corrected chi connectivity index (χ4v) is 6.31. The minimum absolute atomic E-state index is 0.222. The number of ether oxygens (including phenoxy) is 1. The van der Waals surface area contributed by atoms with Gasteiger partial charge < -0.3 is 4.74 Å². The molecule has 180 valence electrons. The van der Waals surface area contributed by atoms with Crippen molar-refractivity contribution in [1.82, 2.24) is 0 Å². The van der Waals surface area contributed by atoms with E-state index < -0.39 is 46.9 Å². The largest absolute Gasteiger partial charge is 0.349 e. The second kappa shape index (κ2) is 7.54. The van der Waals surface area contributed by atoms with Gasteiger partial charge in [-0.05, 0) is 23.9 Å². The number of nitrogens with zero attached hydrogens (tertiary/aromatic N) is 1. The highest BCUT2D eigenvalue weighted by Crippen LogP contribution is 2.58. The van der Waals surface area contributed by atoms with Crippen LogP contribution in [-0.2, 0) is 14.3 Å². The molecule has 2 amide bonds. The van der Waals surface area contributed by atoms with E-state index in [0.717, 1.165) is 21.2 Å². The second-order valence-corrected chi connectivity index (χ2v) is 9.91. The van der Waals surface area contributed by atoms with Gasteiger partial charge in [-0.1, -0.05) is 90.5 Å². The highest BCUT2D eigenvalue weighted by atomic mass is 16.5. The number of Topliss-reactive ketones (excluding diaryl/α,β-unsaturated/α-hetero) is 2. The number of amides is 2. The minimum atomic E-state index is -2.07. The summed E-state index contributed by atoms with van der Waals surface area (Å²) in [7, 11) is 0. The number of aryl methyl sites for hydroxylation is 1. The number of benzene rings is 4. The van der Waals surface area contributed by atoms with Crippen LogP contribution in [0.4, 0.5) is 5.69 Å². The Balaban J connectivity index is 1.45. The number of anilines is 1. The molecule has 1 spiro atoms. The Hall–Kier alpha value is -4.42. The zero-order valence-corrected chi connectivity index (χ0v) is 19.9. The Morgan fingerprint density at radius 2 is 1.38 bits per heavy atom. The molecule has 2 saturated heterocycles. The van der Waals surface area contributed by atoms with E-state index in [-0.39, 0.29) is 11.1 Å². The molecule has 6 nitrogen and oxygen atoms in total. The molecule has 6 heteroatoms. The van der Waals surface area contributed by atoms with Crippen LogP contribution in [0.5, 0.6) is 0 Å². The molecular weight excluding hydrogens is 466 g/mol. The Morgan fingerprint density at radius 1 is 0.730 bits per heavy atom. The summed E-state index contributed by atoms with van der Waals surface area (Å²) in [4.78, 5) is 57.3. The van der Waals surface area contributed by atoms with Gasteiger partial charge in [-0.25, -0.2) is 4.90 Å². The standard InChI is InChI=1S/C31H21NO5/c1-17-8-6-11-19(16-17)26-24-25(31(37-26)27(33)21-13-4-5-14-22(21)28(31)34)30(36)32(29(24)35)23-15-7-10-18-9-2-3-12-20(18)23/h2-16,24-26H,1H3/t24-,25-,26-/m0/s1. The van der Waals surface area contributed by atoms with Gasteiger partial charge in [0.1, 0.15) is 0 Å². The van der Waals surface area contributed by atoms with Gasteiger partial charge >= 0.3 is 0 Å². The Kier molecular flexibility index (Phi) is 4.45. The van der Waals surface area contributed by atoms with Crippen LogP contribution in [0.15, 0.2) is 91.0 Å². The zero-order chi connectivity index (χ0) is 25.5. The average molecular weight is 488 g/mol. The second-order valence-electron chi connectivity index (χ2n) is 9.91. The first-order chi connectivity index (χ1) is 17.9. The molecule has 0 unspecified atom stereocenters. The number of carbonyl (C=O) groups is 4. The van der Waals surface area contributed by atoms with Gasteiger partial charge in [-0.2, -0.15) is 0 Å². The predicted molar refractivity (Wildman–Crippen MR) is 136 cm³/mol. The van der Waals surface area contributed by atoms with Crippen molar-refractivity contribution < 1.29 is 23.9 Å². The van der Waals surface area contributed by atoms with Gasteiger partial charge in [0.15, 0.2) is 0 Å². The molecule has 0 radical (unpaired) electrons. The van der Waals surface area contributed by atoms with E-state index in [4.69, 9.17) is 4.74 Å². The van der Waals surface area contributed by atoms with E-state index in [0.29, 0.717) is 11.3 Å². The molecule has 37 heavy (non-hydrogen) atoms. The Bertz CT molecular complexity index is 1650. The maximum absolute atomic E-state index is 14.2. The molecule has 0 N–H and O–H groups in total. The number of fused-ring (bicyclic) bond motifs is 4. The summed E-state index contributed by atoms with van der Waals surface area (Å²) in [5.41, 5.74) is 0.406. The molecule has 2 fully saturated rings. The lowest BCUT2D eigenvalue weighted by Crippen LogP contribution is -2.51. The number of carbonyl (C=O) groups excluding carboxylic acids is 4. The number of imide groups is 1. The van der Waals surface area contributed by atoms with Gasteiger partial charge in [0.2, 0.25) is 29.0 Å². The first-order valence-corrected chi connectivity index (χ1v) is 12.2. The van der Waals surface area contributed by atoms with Crippen molar-refractivity contribution in [3.63, 3.8) is 0 Å². The van der Waals surface area contributed by atoms with Gasteiger partial charge in [0.25, 0.3) is 0 Å². The third-order valence-electron chi connectivity index (χ3n) is 7.90. The van der Waals surface area contributed by atoms with E-state index in [2.05, 4.69) is 0 Å². The van der Waals surface area contributed by atoms with Crippen LogP contribution in [0.3, 0.4) is 0 Å². The third-order valence-corrected chi connectivity index (χ3v) is 7.90. The molecular formula is C31H21NO5. The number of ketones is 2. The van der Waals surface area contributed by atoms with Crippen LogP contribution in [-0.4, -0.2) is 29.0 Å². The first kappa shape index (κ1) is 21.8. The average Bonchev–Trinajstić information content (AvgIpc) is 3.48. The molecule has 0 bridgehead atoms. The fourth-order valence-electron chi connectivity index (χ4n) is 6.31. The monoisotopic (exact) mass is 487 g/mol. The van der Waals surface area contributed by atoms with E-state index in [1.165, 1.54) is 0 Å². The van der Waals surface area contributed by atoms with E-state index in [9.17, 15) is 19.2 Å². The van der Waals surface area contributed by atoms with Crippen LogP contribution in [0, 0.1) is 18.8 Å². The lowest BCUT2D eigenvalue weighted by Gasteiger charge is -2.27. The molecule has 4 aromatic rings. The predicted octanol–water partition coefficient (Wildman–Crippen LogP) is 4.84. The molecule has 2 heterocycles. The summed E-state index contributed by atoms with van der Waals surface area (Å²) >= 11 is 0. The Labute approximate surface area is 212 Å². The normalized spacial score (nSPS) is 23.8. The third kappa shape index (κ3) is 2.73. The van der Waals surface area contributed by atoms with Crippen molar-refractivity contribution in [1.29, 1.82) is 0 Å². The lowest BCUT2D eigenvalue weighted by atomic mass is 9.77. The quantitative estimate of drug-likeness (QED) is 0.299. The van der Waals surface area contributed by atoms with E-state index >= 15 is 0 Å². The first-order valence-electron chi connectivity index (χ1n) is 12.2. The van der Waals surface area contributed by atoms with Crippen molar-refractivity contribution >= 4 is 39.8 Å². The van der Waals surface area contributed by atoms with E-state index in [1.807, 2.05) is 61.5 Å². The van der Waals surface area contributed by atoms with Crippen LogP contribution in [0.1, 0.15) is 37.9 Å². The maximum Gasteiger partial charge on any atom is 0.241 e. The van der Waals surface area contributed by atoms with Gasteiger partial charge in [-0.3, -0.25) is 19.2 Å².